The molecule has 0 aliphatic carbocycles. The van der Waals surface area contributed by atoms with Crippen LogP contribution in [-0.2, 0) is 0 Å². The van der Waals surface area contributed by atoms with E-state index in [1.54, 1.807) is 0 Å². The van der Waals surface area contributed by atoms with Crippen molar-refractivity contribution in [1.29, 1.82) is 5.26 Å². The highest BCUT2D eigenvalue weighted by Gasteiger charge is 2.30. The van der Waals surface area contributed by atoms with Gasteiger partial charge in [0.05, 0.1) is 12.0 Å². The molecule has 1 heteroatoms. The minimum absolute atomic E-state index is 0.112. The van der Waals surface area contributed by atoms with Crippen LogP contribution in [0.2, 0.25) is 0 Å². The third-order valence-corrected chi connectivity index (χ3v) is 2.92. The van der Waals surface area contributed by atoms with E-state index in [4.69, 9.17) is 5.26 Å². The van der Waals surface area contributed by atoms with Gasteiger partial charge in [0.2, 0.25) is 0 Å². The van der Waals surface area contributed by atoms with E-state index in [1.165, 1.54) is 0 Å². The van der Waals surface area contributed by atoms with E-state index in [0.29, 0.717) is 5.41 Å². The fraction of sp³-hybridized carbons (Fsp3) is 0.917. The molecule has 13 heavy (non-hydrogen) atoms. The Balaban J connectivity index is 4.42. The van der Waals surface area contributed by atoms with E-state index in [0.717, 1.165) is 12.8 Å². The first-order valence-electron chi connectivity index (χ1n) is 5.12. The quantitative estimate of drug-likeness (QED) is 0.645. The lowest BCUT2D eigenvalue weighted by atomic mass is 9.71. The largest absolute Gasteiger partial charge is 0.198 e. The minimum Gasteiger partial charge on any atom is -0.198 e. The van der Waals surface area contributed by atoms with Crippen molar-refractivity contribution in [3.05, 3.63) is 0 Å². The molecule has 0 aliphatic heterocycles. The second-order valence-electron chi connectivity index (χ2n) is 5.77. The van der Waals surface area contributed by atoms with Gasteiger partial charge in [-0.15, -0.1) is 0 Å². The molecular formula is C12H23N. The zero-order chi connectivity index (χ0) is 10.7. The summed E-state index contributed by atoms with van der Waals surface area (Å²) in [7, 11) is 0. The van der Waals surface area contributed by atoms with Crippen LogP contribution in [0.15, 0.2) is 0 Å². The van der Waals surface area contributed by atoms with Crippen LogP contribution < -0.4 is 0 Å². The average Bonchev–Trinajstić information content (AvgIpc) is 1.98. The maximum absolute atomic E-state index is 9.07. The van der Waals surface area contributed by atoms with E-state index in [1.807, 2.05) is 0 Å². The van der Waals surface area contributed by atoms with Gasteiger partial charge in [-0.3, -0.25) is 0 Å². The Morgan fingerprint density at radius 3 is 1.85 bits per heavy atom. The number of hydrogen-bond donors (Lipinski definition) is 0. The van der Waals surface area contributed by atoms with Crippen molar-refractivity contribution in [2.75, 3.05) is 0 Å². The summed E-state index contributed by atoms with van der Waals surface area (Å²) in [4.78, 5) is 0. The van der Waals surface area contributed by atoms with Crippen molar-refractivity contribution in [2.45, 2.75) is 54.4 Å². The summed E-state index contributed by atoms with van der Waals surface area (Å²) >= 11 is 0. The fourth-order valence-electron chi connectivity index (χ4n) is 1.24. The van der Waals surface area contributed by atoms with Gasteiger partial charge >= 0.3 is 0 Å². The van der Waals surface area contributed by atoms with Gasteiger partial charge in [-0.2, -0.15) is 5.26 Å². The molecule has 0 aliphatic rings. The van der Waals surface area contributed by atoms with Crippen molar-refractivity contribution in [3.63, 3.8) is 0 Å². The molecule has 0 fully saturated rings. The molecule has 0 saturated carbocycles. The Kier molecular flexibility index (Phi) is 3.97. The van der Waals surface area contributed by atoms with Gasteiger partial charge in [0.1, 0.15) is 0 Å². The molecule has 1 nitrogen and oxygen atoms in total. The van der Waals surface area contributed by atoms with E-state index in [2.05, 4.69) is 47.6 Å². The molecule has 0 heterocycles. The predicted molar refractivity (Wildman–Crippen MR) is 57.2 cm³/mol. The molecule has 0 N–H and O–H groups in total. The summed E-state index contributed by atoms with van der Waals surface area (Å²) in [6, 6.07) is 2.43. The highest BCUT2D eigenvalue weighted by Crippen LogP contribution is 2.37. The van der Waals surface area contributed by atoms with Crippen molar-refractivity contribution in [2.24, 2.45) is 16.7 Å². The summed E-state index contributed by atoms with van der Waals surface area (Å²) in [5.41, 5.74) is 0.412. The molecule has 0 bridgehead atoms. The Bertz CT molecular complexity index is 190. The Morgan fingerprint density at radius 1 is 1.15 bits per heavy atom. The van der Waals surface area contributed by atoms with E-state index in [-0.39, 0.29) is 11.3 Å². The first-order valence-corrected chi connectivity index (χ1v) is 5.12. The number of nitriles is 1. The molecule has 0 aromatic carbocycles. The summed E-state index contributed by atoms with van der Waals surface area (Å²) in [6.07, 6.45) is 2.14. The van der Waals surface area contributed by atoms with Crippen LogP contribution in [0.4, 0.5) is 0 Å². The normalized spacial score (nSPS) is 15.2. The molecule has 1 unspecified atom stereocenters. The highest BCUT2D eigenvalue weighted by molar-refractivity contribution is 4.94. The maximum Gasteiger partial charge on any atom is 0.0661 e. The fourth-order valence-corrected chi connectivity index (χ4v) is 1.24. The lowest BCUT2D eigenvalue weighted by Crippen LogP contribution is -2.25. The molecule has 0 spiro atoms. The van der Waals surface area contributed by atoms with Gasteiger partial charge in [0, 0.05) is 0 Å². The van der Waals surface area contributed by atoms with Crippen LogP contribution in [-0.4, -0.2) is 0 Å². The van der Waals surface area contributed by atoms with Crippen LogP contribution in [0.3, 0.4) is 0 Å². The van der Waals surface area contributed by atoms with Gasteiger partial charge in [-0.1, -0.05) is 48.0 Å². The third-order valence-electron chi connectivity index (χ3n) is 2.92. The summed E-state index contributed by atoms with van der Waals surface area (Å²) in [5.74, 6) is 0.169. The smallest absolute Gasteiger partial charge is 0.0661 e. The minimum atomic E-state index is 0.112. The lowest BCUT2D eigenvalue weighted by molar-refractivity contribution is 0.194. The van der Waals surface area contributed by atoms with Gasteiger partial charge in [0.25, 0.3) is 0 Å². The predicted octanol–water partition coefficient (Wildman–Crippen LogP) is 4.00. The van der Waals surface area contributed by atoms with Crippen LogP contribution >= 0.6 is 0 Å². The highest BCUT2D eigenvalue weighted by atomic mass is 14.4. The van der Waals surface area contributed by atoms with Crippen LogP contribution in [0.25, 0.3) is 0 Å². The van der Waals surface area contributed by atoms with Gasteiger partial charge in [-0.25, -0.2) is 0 Å². The van der Waals surface area contributed by atoms with Crippen molar-refractivity contribution in [1.82, 2.24) is 0 Å². The van der Waals surface area contributed by atoms with Crippen LogP contribution in [0, 0.1) is 28.1 Å². The summed E-state index contributed by atoms with van der Waals surface area (Å²) < 4.78 is 0. The topological polar surface area (TPSA) is 23.8 Å². The Morgan fingerprint density at radius 2 is 1.62 bits per heavy atom. The van der Waals surface area contributed by atoms with Gasteiger partial charge < -0.3 is 0 Å². The molecular weight excluding hydrogens is 158 g/mol. The summed E-state index contributed by atoms with van der Waals surface area (Å²) in [6.45, 7) is 13.1. The second kappa shape index (κ2) is 4.13. The molecule has 0 rings (SSSR count). The maximum atomic E-state index is 9.07. The van der Waals surface area contributed by atoms with Gasteiger partial charge in [-0.05, 0) is 17.3 Å². The van der Waals surface area contributed by atoms with E-state index < -0.39 is 0 Å². The van der Waals surface area contributed by atoms with E-state index in [9.17, 15) is 0 Å². The number of hydrogen-bond acceptors (Lipinski definition) is 1. The molecule has 0 amide bonds. The second-order valence-corrected chi connectivity index (χ2v) is 5.77. The first-order chi connectivity index (χ1) is 5.73. The van der Waals surface area contributed by atoms with Gasteiger partial charge in [0.15, 0.2) is 0 Å². The Hall–Kier alpha value is -0.510. The summed E-state index contributed by atoms with van der Waals surface area (Å²) in [5, 5.41) is 9.07. The molecule has 0 saturated heterocycles. The third kappa shape index (κ3) is 4.31. The monoisotopic (exact) mass is 181 g/mol. The van der Waals surface area contributed by atoms with E-state index >= 15 is 0 Å². The van der Waals surface area contributed by atoms with Crippen molar-refractivity contribution in [3.8, 4) is 6.07 Å². The average molecular weight is 181 g/mol. The van der Waals surface area contributed by atoms with Crippen LogP contribution in [0.1, 0.15) is 54.4 Å². The SMILES string of the molecule is CCC(C)(C)CC(C#N)C(C)(C)C. The van der Waals surface area contributed by atoms with Crippen LogP contribution in [0.5, 0.6) is 0 Å². The standard InChI is InChI=1S/C12H23N/c1-7-12(5,6)8-10(9-13)11(2,3)4/h10H,7-8H2,1-6H3. The zero-order valence-electron chi connectivity index (χ0n) is 9.94. The lowest BCUT2D eigenvalue weighted by Gasteiger charge is -2.32. The Labute approximate surface area is 83.1 Å². The molecule has 0 aromatic heterocycles. The molecule has 0 aromatic rings. The zero-order valence-corrected chi connectivity index (χ0v) is 9.94. The number of rotatable bonds is 3. The molecule has 1 atom stereocenters. The van der Waals surface area contributed by atoms with Crippen molar-refractivity contribution < 1.29 is 0 Å². The van der Waals surface area contributed by atoms with Crippen molar-refractivity contribution >= 4 is 0 Å². The molecule has 76 valence electrons. The molecule has 0 radical (unpaired) electrons. The number of nitrogens with zero attached hydrogens (tertiary/aromatic N) is 1. The first kappa shape index (κ1) is 12.5.